The second kappa shape index (κ2) is 6.15. The normalized spacial score (nSPS) is 12.9. The molecule has 6 heteroatoms. The maximum absolute atomic E-state index is 12.4. The van der Waals surface area contributed by atoms with Crippen LogP contribution in [0.3, 0.4) is 0 Å². The van der Waals surface area contributed by atoms with Gasteiger partial charge in [0.05, 0.1) is 9.79 Å². The highest BCUT2D eigenvalue weighted by atomic mass is 32.2. The first-order chi connectivity index (χ1) is 9.93. The average Bonchev–Trinajstić information content (AvgIpc) is 2.48. The highest BCUT2D eigenvalue weighted by Crippen LogP contribution is 2.24. The van der Waals surface area contributed by atoms with Crippen LogP contribution in [0.25, 0.3) is 0 Å². The fourth-order valence-corrected chi connectivity index (χ4v) is 2.96. The van der Waals surface area contributed by atoms with Crippen molar-refractivity contribution in [2.75, 3.05) is 7.11 Å². The number of benzene rings is 2. The largest absolute Gasteiger partial charge is 0.508 e. The third-order valence-electron chi connectivity index (χ3n) is 2.92. The van der Waals surface area contributed by atoms with Gasteiger partial charge < -0.3 is 14.6 Å². The molecule has 0 aliphatic carbocycles. The Balaban J connectivity index is 2.27. The van der Waals surface area contributed by atoms with Crippen LogP contribution in [-0.2, 0) is 14.6 Å². The van der Waals surface area contributed by atoms with Crippen LogP contribution in [0.5, 0.6) is 11.5 Å². The van der Waals surface area contributed by atoms with Gasteiger partial charge in [0.15, 0.2) is 6.29 Å². The van der Waals surface area contributed by atoms with Crippen molar-refractivity contribution in [3.05, 3.63) is 48.5 Å². The number of sulfone groups is 1. The number of phenolic OH excluding ortho intramolecular Hbond substituents is 1. The fraction of sp³-hybridized carbons (Fsp3) is 0.200. The molecule has 0 spiro atoms. The zero-order valence-electron chi connectivity index (χ0n) is 11.7. The smallest absolute Gasteiger partial charge is 0.206 e. The highest BCUT2D eigenvalue weighted by molar-refractivity contribution is 7.91. The molecule has 1 unspecified atom stereocenters. The lowest BCUT2D eigenvalue weighted by Gasteiger charge is -2.13. The maximum atomic E-state index is 12.4. The van der Waals surface area contributed by atoms with Gasteiger partial charge in [-0.3, -0.25) is 0 Å². The predicted molar refractivity (Wildman–Crippen MR) is 77.1 cm³/mol. The first-order valence-corrected chi connectivity index (χ1v) is 7.75. The molecule has 0 aromatic heterocycles. The van der Waals surface area contributed by atoms with Crippen molar-refractivity contribution in [1.29, 1.82) is 0 Å². The number of methoxy groups -OCH3 is 1. The Kier molecular flexibility index (Phi) is 4.50. The van der Waals surface area contributed by atoms with E-state index in [1.165, 1.54) is 43.5 Å². The number of hydrogen-bond donors (Lipinski definition) is 1. The van der Waals surface area contributed by atoms with Crippen LogP contribution in [-0.4, -0.2) is 26.9 Å². The van der Waals surface area contributed by atoms with E-state index in [9.17, 15) is 13.5 Å². The van der Waals surface area contributed by atoms with Gasteiger partial charge in [0.25, 0.3) is 0 Å². The number of rotatable bonds is 5. The van der Waals surface area contributed by atoms with Crippen molar-refractivity contribution in [2.45, 2.75) is 23.0 Å². The monoisotopic (exact) mass is 308 g/mol. The van der Waals surface area contributed by atoms with Gasteiger partial charge in [0.1, 0.15) is 11.5 Å². The molecule has 0 saturated carbocycles. The molecular weight excluding hydrogens is 292 g/mol. The third-order valence-corrected chi connectivity index (χ3v) is 4.70. The summed E-state index contributed by atoms with van der Waals surface area (Å²) < 4.78 is 35.1. The second-order valence-electron chi connectivity index (χ2n) is 4.39. The van der Waals surface area contributed by atoms with Crippen LogP contribution in [0, 0.1) is 0 Å². The van der Waals surface area contributed by atoms with Crippen LogP contribution in [0.2, 0.25) is 0 Å². The topological polar surface area (TPSA) is 72.8 Å². The van der Waals surface area contributed by atoms with Crippen LogP contribution in [0.15, 0.2) is 58.3 Å². The first kappa shape index (κ1) is 15.3. The van der Waals surface area contributed by atoms with Crippen LogP contribution >= 0.6 is 0 Å². The Morgan fingerprint density at radius 2 is 1.43 bits per heavy atom. The summed E-state index contributed by atoms with van der Waals surface area (Å²) in [6, 6.07) is 11.5. The minimum Gasteiger partial charge on any atom is -0.508 e. The molecule has 0 aliphatic heterocycles. The van der Waals surface area contributed by atoms with Gasteiger partial charge in [0.2, 0.25) is 9.84 Å². The van der Waals surface area contributed by atoms with E-state index in [1.807, 2.05) is 0 Å². The molecular formula is C15H16O5S. The molecule has 5 nitrogen and oxygen atoms in total. The Bertz CT molecular complexity index is 690. The molecule has 2 aromatic rings. The van der Waals surface area contributed by atoms with Gasteiger partial charge in [-0.05, 0) is 55.5 Å². The van der Waals surface area contributed by atoms with E-state index >= 15 is 0 Å². The third kappa shape index (κ3) is 3.53. The van der Waals surface area contributed by atoms with Gasteiger partial charge in [0, 0.05) is 7.11 Å². The summed E-state index contributed by atoms with van der Waals surface area (Å²) in [5, 5.41) is 9.21. The Morgan fingerprint density at radius 3 is 1.90 bits per heavy atom. The van der Waals surface area contributed by atoms with E-state index in [0.717, 1.165) is 0 Å². The minimum absolute atomic E-state index is 0.0197. The average molecular weight is 308 g/mol. The van der Waals surface area contributed by atoms with Gasteiger partial charge in [-0.25, -0.2) is 8.42 Å². The van der Waals surface area contributed by atoms with Crippen LogP contribution in [0.1, 0.15) is 6.92 Å². The van der Waals surface area contributed by atoms with Crippen molar-refractivity contribution >= 4 is 9.84 Å². The highest BCUT2D eigenvalue weighted by Gasteiger charge is 2.17. The van der Waals surface area contributed by atoms with E-state index < -0.39 is 16.1 Å². The summed E-state index contributed by atoms with van der Waals surface area (Å²) in [6.07, 6.45) is -0.412. The van der Waals surface area contributed by atoms with Crippen molar-refractivity contribution in [3.63, 3.8) is 0 Å². The van der Waals surface area contributed by atoms with E-state index in [0.29, 0.717) is 5.75 Å². The molecule has 21 heavy (non-hydrogen) atoms. The number of ether oxygens (including phenoxy) is 2. The van der Waals surface area contributed by atoms with Gasteiger partial charge in [-0.2, -0.15) is 0 Å². The molecule has 112 valence electrons. The van der Waals surface area contributed by atoms with Crippen molar-refractivity contribution < 1.29 is 23.0 Å². The summed E-state index contributed by atoms with van der Waals surface area (Å²) in [5.74, 6) is 0.542. The molecule has 0 bridgehead atoms. The number of hydrogen-bond acceptors (Lipinski definition) is 5. The Labute approximate surface area is 123 Å². The zero-order chi connectivity index (χ0) is 15.5. The zero-order valence-corrected chi connectivity index (χ0v) is 12.5. The van der Waals surface area contributed by atoms with Crippen molar-refractivity contribution in [2.24, 2.45) is 0 Å². The predicted octanol–water partition coefficient (Wildman–Crippen LogP) is 2.60. The lowest BCUT2D eigenvalue weighted by Crippen LogP contribution is -2.13. The lowest BCUT2D eigenvalue weighted by molar-refractivity contribution is -0.0383. The fourth-order valence-electron chi connectivity index (χ4n) is 1.70. The first-order valence-electron chi connectivity index (χ1n) is 6.27. The van der Waals surface area contributed by atoms with E-state index in [-0.39, 0.29) is 15.5 Å². The minimum atomic E-state index is -3.60. The Morgan fingerprint density at radius 1 is 0.952 bits per heavy atom. The summed E-state index contributed by atoms with van der Waals surface area (Å²) in [5.41, 5.74) is 0. The summed E-state index contributed by atoms with van der Waals surface area (Å²) in [6.45, 7) is 1.74. The van der Waals surface area contributed by atoms with Gasteiger partial charge >= 0.3 is 0 Å². The maximum Gasteiger partial charge on any atom is 0.206 e. The molecule has 0 fully saturated rings. The van der Waals surface area contributed by atoms with Gasteiger partial charge in [-0.1, -0.05) is 0 Å². The molecule has 0 aliphatic rings. The molecule has 0 amide bonds. The summed E-state index contributed by atoms with van der Waals surface area (Å²) in [4.78, 5) is 0.282. The lowest BCUT2D eigenvalue weighted by atomic mass is 10.3. The molecule has 2 rings (SSSR count). The van der Waals surface area contributed by atoms with Gasteiger partial charge in [-0.15, -0.1) is 0 Å². The molecule has 2 aromatic carbocycles. The standard InChI is InChI=1S/C15H16O5S/c1-11(19-2)20-13-5-9-15(10-6-13)21(17,18)14-7-3-12(16)4-8-14/h3-11,16H,1-2H3. The quantitative estimate of drug-likeness (QED) is 0.860. The van der Waals surface area contributed by atoms with Crippen molar-refractivity contribution in [3.8, 4) is 11.5 Å². The molecule has 1 N–H and O–H groups in total. The van der Waals surface area contributed by atoms with E-state index in [2.05, 4.69) is 0 Å². The summed E-state index contributed by atoms with van der Waals surface area (Å²) >= 11 is 0. The van der Waals surface area contributed by atoms with E-state index in [4.69, 9.17) is 9.47 Å². The molecule has 0 saturated heterocycles. The summed E-state index contributed by atoms with van der Waals surface area (Å²) in [7, 11) is -2.08. The molecule has 0 radical (unpaired) electrons. The molecule has 0 heterocycles. The number of phenols is 1. The second-order valence-corrected chi connectivity index (χ2v) is 6.34. The Hall–Kier alpha value is -2.05. The number of aromatic hydroxyl groups is 1. The molecule has 1 atom stereocenters. The SMILES string of the molecule is COC(C)Oc1ccc(S(=O)(=O)c2ccc(O)cc2)cc1. The van der Waals surface area contributed by atoms with Crippen molar-refractivity contribution in [1.82, 2.24) is 0 Å². The van der Waals surface area contributed by atoms with Crippen LogP contribution < -0.4 is 4.74 Å². The van der Waals surface area contributed by atoms with Crippen LogP contribution in [0.4, 0.5) is 0 Å². The van der Waals surface area contributed by atoms with E-state index in [1.54, 1.807) is 19.1 Å².